The maximum atomic E-state index is 4.93. The average Bonchev–Trinajstić information content (AvgIpc) is 3.64. The number of hydrogen-bond donors (Lipinski definition) is 0. The van der Waals surface area contributed by atoms with Gasteiger partial charge in [-0.15, -0.1) is 22.3 Å². The van der Waals surface area contributed by atoms with E-state index in [4.69, 9.17) is 17.0 Å². The van der Waals surface area contributed by atoms with Crippen molar-refractivity contribution in [3.8, 4) is 0 Å². The fraction of sp³-hybridized carbons (Fsp3) is 0.200. The molecule has 0 saturated heterocycles. The van der Waals surface area contributed by atoms with Gasteiger partial charge in [0.15, 0.2) is 0 Å². The molecule has 176 valence electrons. The number of nitrogens with zero attached hydrogens (tertiary/aromatic N) is 2. The number of rotatable bonds is 2. The van der Waals surface area contributed by atoms with E-state index in [-0.39, 0.29) is 12.1 Å². The van der Waals surface area contributed by atoms with Gasteiger partial charge < -0.3 is 9.13 Å². The van der Waals surface area contributed by atoms with E-state index in [2.05, 4.69) is 134 Å². The number of allylic oxidation sites excluding steroid dienone is 2. The topological polar surface area (TPSA) is 9.86 Å². The second-order valence-corrected chi connectivity index (χ2v) is 12.5. The van der Waals surface area contributed by atoms with Gasteiger partial charge in [0.1, 0.15) is 0 Å². The van der Waals surface area contributed by atoms with Crippen LogP contribution < -0.4 is 0 Å². The fourth-order valence-corrected chi connectivity index (χ4v) is 4.82. The van der Waals surface area contributed by atoms with Crippen molar-refractivity contribution in [2.75, 3.05) is 0 Å². The minimum atomic E-state index is -0.826. The molecule has 2 atom stereocenters. The summed E-state index contributed by atoms with van der Waals surface area (Å²) < 4.78 is 4.41. The van der Waals surface area contributed by atoms with Gasteiger partial charge in [-0.25, -0.2) is 24.3 Å². The second-order valence-electron chi connectivity index (χ2n) is 8.81. The molecular formula is C30H28Cl2N2Zr. The van der Waals surface area contributed by atoms with Crippen molar-refractivity contribution >= 4 is 29.2 Å². The van der Waals surface area contributed by atoms with Gasteiger partial charge in [0, 0.05) is 24.8 Å². The summed E-state index contributed by atoms with van der Waals surface area (Å²) in [5.41, 5.74) is 10.9. The first-order chi connectivity index (χ1) is 17.0. The van der Waals surface area contributed by atoms with Crippen LogP contribution in [-0.2, 0) is 20.8 Å². The van der Waals surface area contributed by atoms with Crippen LogP contribution in [0.5, 0.6) is 0 Å². The van der Waals surface area contributed by atoms with E-state index in [0.717, 1.165) is 0 Å². The first-order valence-corrected chi connectivity index (χ1v) is 17.9. The third-order valence-electron chi connectivity index (χ3n) is 6.62. The Morgan fingerprint density at radius 2 is 0.914 bits per heavy atom. The van der Waals surface area contributed by atoms with Gasteiger partial charge >= 0.3 is 37.9 Å². The van der Waals surface area contributed by atoms with Gasteiger partial charge in [-0.3, -0.25) is 0 Å². The number of aromatic nitrogens is 2. The molecule has 6 rings (SSSR count). The summed E-state index contributed by atoms with van der Waals surface area (Å²) in [4.78, 5) is 0. The molecule has 0 aliphatic heterocycles. The molecule has 2 heterocycles. The standard InChI is InChI=1S/2C15H14N.2ClH.Zr/c2*1-11-5-6-12(2)15-13(11)7-8-14(15)16-9-3-4-10-16;;;/h2*3-7,9-10,14H,1-2H3;2*1H;/q2*-1;;;+4/p-2. The summed E-state index contributed by atoms with van der Waals surface area (Å²) in [5.74, 6) is 0. The van der Waals surface area contributed by atoms with Crippen molar-refractivity contribution in [2.24, 2.45) is 0 Å². The van der Waals surface area contributed by atoms with Crippen molar-refractivity contribution in [3.05, 3.63) is 130 Å². The van der Waals surface area contributed by atoms with Crippen LogP contribution in [0.25, 0.3) is 12.2 Å². The molecule has 2 nitrogen and oxygen atoms in total. The first-order valence-electron chi connectivity index (χ1n) is 11.6. The molecule has 0 amide bonds. The number of fused-ring (bicyclic) bond motifs is 2. The third-order valence-corrected chi connectivity index (χ3v) is 6.62. The molecule has 0 spiro atoms. The Kier molecular flexibility index (Phi) is 8.76. The van der Waals surface area contributed by atoms with Crippen LogP contribution in [-0.4, -0.2) is 9.13 Å². The van der Waals surface area contributed by atoms with Crippen molar-refractivity contribution in [1.82, 2.24) is 9.13 Å². The first kappa shape index (κ1) is 26.0. The number of aryl methyl sites for hydroxylation is 4. The second kappa shape index (κ2) is 11.8. The zero-order valence-electron chi connectivity index (χ0n) is 20.4. The monoisotopic (exact) mass is 576 g/mol. The summed E-state index contributed by atoms with van der Waals surface area (Å²) in [6.07, 6.45) is 19.5. The summed E-state index contributed by atoms with van der Waals surface area (Å²) in [6.45, 7) is 8.67. The Morgan fingerprint density at radius 3 is 1.26 bits per heavy atom. The normalized spacial score (nSPS) is 16.5. The van der Waals surface area contributed by atoms with Crippen molar-refractivity contribution in [1.29, 1.82) is 0 Å². The number of benzene rings is 2. The summed E-state index contributed by atoms with van der Waals surface area (Å²) in [6, 6.07) is 17.5. The van der Waals surface area contributed by atoms with Crippen LogP contribution in [0.15, 0.2) is 73.3 Å². The molecule has 0 saturated carbocycles. The minimum absolute atomic E-state index is 0.255. The van der Waals surface area contributed by atoms with Crippen LogP contribution in [0.4, 0.5) is 0 Å². The Balaban J connectivity index is 0.000000149. The maximum absolute atomic E-state index is 4.93. The Labute approximate surface area is 227 Å². The van der Waals surface area contributed by atoms with E-state index < -0.39 is 20.8 Å². The van der Waals surface area contributed by atoms with E-state index in [0.29, 0.717) is 0 Å². The molecule has 5 heteroatoms. The molecular weight excluding hydrogens is 550 g/mol. The van der Waals surface area contributed by atoms with E-state index in [1.165, 1.54) is 44.5 Å². The number of hydrogen-bond acceptors (Lipinski definition) is 0. The average molecular weight is 579 g/mol. The van der Waals surface area contributed by atoms with Gasteiger partial charge in [0.25, 0.3) is 0 Å². The third kappa shape index (κ3) is 5.53. The molecule has 2 aliphatic rings. The summed E-state index contributed by atoms with van der Waals surface area (Å²) in [5, 5.41) is 0. The van der Waals surface area contributed by atoms with Crippen LogP contribution in [0.2, 0.25) is 0 Å². The predicted molar refractivity (Wildman–Crippen MR) is 144 cm³/mol. The van der Waals surface area contributed by atoms with Crippen molar-refractivity contribution in [3.63, 3.8) is 0 Å². The molecule has 2 aliphatic carbocycles. The Morgan fingerprint density at radius 1 is 0.600 bits per heavy atom. The quantitative estimate of drug-likeness (QED) is 0.211. The molecule has 4 aromatic rings. The summed E-state index contributed by atoms with van der Waals surface area (Å²) in [7, 11) is 9.87. The molecule has 0 radical (unpaired) electrons. The van der Waals surface area contributed by atoms with Crippen LogP contribution in [0.1, 0.15) is 56.6 Å². The molecule has 35 heavy (non-hydrogen) atoms. The van der Waals surface area contributed by atoms with E-state index in [9.17, 15) is 0 Å². The molecule has 0 N–H and O–H groups in total. The van der Waals surface area contributed by atoms with Gasteiger partial charge in [-0.2, -0.15) is 11.1 Å². The van der Waals surface area contributed by atoms with Crippen molar-refractivity contribution < 1.29 is 20.8 Å². The Bertz CT molecular complexity index is 1230. The molecule has 0 bridgehead atoms. The van der Waals surface area contributed by atoms with E-state index >= 15 is 0 Å². The van der Waals surface area contributed by atoms with Crippen LogP contribution in [0, 0.1) is 39.8 Å². The Hall–Kier alpha value is -2.06. The zero-order valence-corrected chi connectivity index (χ0v) is 24.4. The van der Waals surface area contributed by atoms with E-state index in [1.54, 1.807) is 0 Å². The molecule has 2 aromatic heterocycles. The van der Waals surface area contributed by atoms with Crippen molar-refractivity contribution in [2.45, 2.75) is 39.8 Å². The van der Waals surface area contributed by atoms with Gasteiger partial charge in [0.2, 0.25) is 0 Å². The van der Waals surface area contributed by atoms with E-state index in [1.807, 2.05) is 0 Å². The number of halogens is 2. The summed E-state index contributed by atoms with van der Waals surface area (Å²) >= 11 is -0.826. The molecule has 2 unspecified atom stereocenters. The van der Waals surface area contributed by atoms with Crippen LogP contribution >= 0.6 is 17.0 Å². The van der Waals surface area contributed by atoms with Gasteiger partial charge in [-0.05, 0) is 50.2 Å². The van der Waals surface area contributed by atoms with Gasteiger partial charge in [-0.1, -0.05) is 49.2 Å². The SMILES string of the molecule is Cc1ccc(C)c2c1C=[C-]C2n1cccc1.Cc1ccc(C)c2c1C=[C-]C2n1cccc1.[Cl][Zr+2][Cl]. The molecule has 2 aromatic carbocycles. The van der Waals surface area contributed by atoms with Crippen LogP contribution in [0.3, 0.4) is 0 Å². The fourth-order valence-electron chi connectivity index (χ4n) is 4.82. The molecule has 0 fully saturated rings. The van der Waals surface area contributed by atoms with Gasteiger partial charge in [0.05, 0.1) is 0 Å². The zero-order chi connectivity index (χ0) is 24.9. The predicted octanol–water partition coefficient (Wildman–Crippen LogP) is 8.43.